The van der Waals surface area contributed by atoms with Gasteiger partial charge in [-0.2, -0.15) is 0 Å². The van der Waals surface area contributed by atoms with Crippen LogP contribution in [-0.2, 0) is 9.59 Å². The summed E-state index contributed by atoms with van der Waals surface area (Å²) < 4.78 is 0. The molecule has 3 rings (SSSR count). The molecule has 2 aromatic rings. The van der Waals surface area contributed by atoms with E-state index in [9.17, 15) is 9.59 Å². The van der Waals surface area contributed by atoms with Crippen LogP contribution in [0, 0.1) is 11.8 Å². The number of anilines is 2. The summed E-state index contributed by atoms with van der Waals surface area (Å²) in [7, 11) is 0. The summed E-state index contributed by atoms with van der Waals surface area (Å²) in [5.74, 6) is 0.0665. The lowest BCUT2D eigenvalue weighted by molar-refractivity contribution is -0.118. The molecule has 2 N–H and O–H groups in total. The Morgan fingerprint density at radius 2 is 1.46 bits per heavy atom. The molecule has 1 saturated carbocycles. The predicted molar refractivity (Wildman–Crippen MR) is 105 cm³/mol. The highest BCUT2D eigenvalue weighted by atomic mass is 35.5. The fourth-order valence-electron chi connectivity index (χ4n) is 2.96. The summed E-state index contributed by atoms with van der Waals surface area (Å²) in [6.45, 7) is 4.05. The van der Waals surface area contributed by atoms with Crippen LogP contribution in [0.5, 0.6) is 0 Å². The second-order valence-electron chi connectivity index (χ2n) is 7.10. The molecule has 0 radical (unpaired) electrons. The molecule has 0 saturated heterocycles. The number of hydrogen-bond acceptors (Lipinski definition) is 2. The van der Waals surface area contributed by atoms with Gasteiger partial charge in [0.15, 0.2) is 0 Å². The minimum atomic E-state index is -0.262. The van der Waals surface area contributed by atoms with Gasteiger partial charge in [-0.1, -0.05) is 37.6 Å². The first-order valence-corrected chi connectivity index (χ1v) is 9.29. The first-order valence-electron chi connectivity index (χ1n) is 8.91. The highest BCUT2D eigenvalue weighted by Gasteiger charge is 2.29. The van der Waals surface area contributed by atoms with Crippen LogP contribution in [0.1, 0.15) is 38.2 Å². The molecule has 1 fully saturated rings. The van der Waals surface area contributed by atoms with Crippen molar-refractivity contribution in [3.05, 3.63) is 59.1 Å². The smallest absolute Gasteiger partial charge is 0.232 e. The summed E-state index contributed by atoms with van der Waals surface area (Å²) in [4.78, 5) is 24.6. The largest absolute Gasteiger partial charge is 0.326 e. The molecule has 0 bridgehead atoms. The van der Waals surface area contributed by atoms with E-state index < -0.39 is 0 Å². The number of amides is 2. The summed E-state index contributed by atoms with van der Waals surface area (Å²) in [5, 5.41) is 6.51. The van der Waals surface area contributed by atoms with Crippen LogP contribution < -0.4 is 10.6 Å². The number of carbonyl (C=O) groups excluding carboxylic acids is 2. The molecule has 26 heavy (non-hydrogen) atoms. The first kappa shape index (κ1) is 18.5. The van der Waals surface area contributed by atoms with E-state index in [2.05, 4.69) is 10.6 Å². The maximum Gasteiger partial charge on any atom is 0.232 e. The van der Waals surface area contributed by atoms with Crippen LogP contribution in [0.2, 0.25) is 5.02 Å². The van der Waals surface area contributed by atoms with Gasteiger partial charge in [0.25, 0.3) is 0 Å². The van der Waals surface area contributed by atoms with Gasteiger partial charge in [-0.05, 0) is 60.7 Å². The molecule has 0 unspecified atom stereocenters. The molecule has 0 aliphatic heterocycles. The van der Waals surface area contributed by atoms with Crippen LogP contribution in [0.4, 0.5) is 11.4 Å². The fraction of sp³-hybridized carbons (Fsp3) is 0.333. The molecule has 136 valence electrons. The average molecular weight is 371 g/mol. The molecular weight excluding hydrogens is 348 g/mol. The van der Waals surface area contributed by atoms with E-state index in [1.54, 1.807) is 24.3 Å². The third-order valence-corrected chi connectivity index (χ3v) is 4.80. The number of nitrogens with one attached hydrogen (secondary N) is 2. The maximum absolute atomic E-state index is 12.8. The van der Waals surface area contributed by atoms with E-state index in [1.165, 1.54) is 0 Å². The van der Waals surface area contributed by atoms with E-state index in [1.807, 2.05) is 38.1 Å². The lowest BCUT2D eigenvalue weighted by Gasteiger charge is -2.21. The van der Waals surface area contributed by atoms with Crippen molar-refractivity contribution in [3.63, 3.8) is 0 Å². The van der Waals surface area contributed by atoms with Gasteiger partial charge >= 0.3 is 0 Å². The van der Waals surface area contributed by atoms with Crippen molar-refractivity contribution in [2.45, 2.75) is 32.6 Å². The minimum Gasteiger partial charge on any atom is -0.326 e. The Morgan fingerprint density at radius 3 is 1.96 bits per heavy atom. The molecule has 2 amide bonds. The summed E-state index contributed by atoms with van der Waals surface area (Å²) in [5.41, 5.74) is 2.40. The zero-order chi connectivity index (χ0) is 18.7. The minimum absolute atomic E-state index is 0.0583. The molecule has 2 aromatic carbocycles. The molecule has 1 atom stereocenters. The molecule has 1 aliphatic rings. The van der Waals surface area contributed by atoms with Gasteiger partial charge in [-0.3, -0.25) is 9.59 Å². The molecule has 0 heterocycles. The molecule has 0 spiro atoms. The number of hydrogen-bond donors (Lipinski definition) is 2. The Hall–Kier alpha value is -2.33. The van der Waals surface area contributed by atoms with E-state index >= 15 is 0 Å². The zero-order valence-corrected chi connectivity index (χ0v) is 15.7. The Kier molecular flexibility index (Phi) is 5.62. The van der Waals surface area contributed by atoms with Crippen LogP contribution >= 0.6 is 11.6 Å². The number of carbonyl (C=O) groups is 2. The van der Waals surface area contributed by atoms with Crippen molar-refractivity contribution in [2.75, 3.05) is 10.6 Å². The standard InChI is InChI=1S/C21H23ClN2O2/c1-13(2)19(14-5-7-16(22)8-6-14)21(26)24-18-11-9-17(10-12-18)23-20(25)15-3-4-15/h5-13,15,19H,3-4H2,1-2H3,(H,23,25)(H,24,26)/t19-/m0/s1. The van der Waals surface area contributed by atoms with Crippen molar-refractivity contribution in [1.29, 1.82) is 0 Å². The third kappa shape index (κ3) is 4.64. The molecule has 0 aromatic heterocycles. The van der Waals surface area contributed by atoms with E-state index in [4.69, 9.17) is 11.6 Å². The van der Waals surface area contributed by atoms with Crippen molar-refractivity contribution >= 4 is 34.8 Å². The van der Waals surface area contributed by atoms with E-state index in [0.717, 1.165) is 24.1 Å². The number of halogens is 1. The second kappa shape index (κ2) is 7.92. The third-order valence-electron chi connectivity index (χ3n) is 4.55. The Balaban J connectivity index is 1.66. The van der Waals surface area contributed by atoms with Gasteiger partial charge in [0.05, 0.1) is 5.92 Å². The maximum atomic E-state index is 12.8. The van der Waals surface area contributed by atoms with Crippen molar-refractivity contribution in [2.24, 2.45) is 11.8 Å². The highest BCUT2D eigenvalue weighted by molar-refractivity contribution is 6.30. The van der Waals surface area contributed by atoms with Crippen LogP contribution in [0.3, 0.4) is 0 Å². The lowest BCUT2D eigenvalue weighted by Crippen LogP contribution is -2.25. The van der Waals surface area contributed by atoms with Crippen molar-refractivity contribution in [1.82, 2.24) is 0 Å². The van der Waals surface area contributed by atoms with Gasteiger partial charge in [-0.15, -0.1) is 0 Å². The van der Waals surface area contributed by atoms with Crippen LogP contribution in [0.15, 0.2) is 48.5 Å². The average Bonchev–Trinajstić information content (AvgIpc) is 3.43. The van der Waals surface area contributed by atoms with Crippen molar-refractivity contribution in [3.8, 4) is 0 Å². The molecule has 5 heteroatoms. The zero-order valence-electron chi connectivity index (χ0n) is 15.0. The summed E-state index contributed by atoms with van der Waals surface area (Å²) in [6, 6.07) is 14.6. The van der Waals surface area contributed by atoms with E-state index in [-0.39, 0.29) is 29.6 Å². The molecule has 4 nitrogen and oxygen atoms in total. The van der Waals surface area contributed by atoms with Gasteiger partial charge in [0.2, 0.25) is 11.8 Å². The van der Waals surface area contributed by atoms with E-state index in [0.29, 0.717) is 10.7 Å². The van der Waals surface area contributed by atoms with Crippen LogP contribution in [-0.4, -0.2) is 11.8 Å². The van der Waals surface area contributed by atoms with Crippen LogP contribution in [0.25, 0.3) is 0 Å². The highest BCUT2D eigenvalue weighted by Crippen LogP contribution is 2.30. The second-order valence-corrected chi connectivity index (χ2v) is 7.54. The number of rotatable bonds is 6. The van der Waals surface area contributed by atoms with Gasteiger partial charge in [0, 0.05) is 22.3 Å². The Labute approximate surface area is 158 Å². The molecule has 1 aliphatic carbocycles. The van der Waals surface area contributed by atoms with Crippen molar-refractivity contribution < 1.29 is 9.59 Å². The monoisotopic (exact) mass is 370 g/mol. The first-order chi connectivity index (χ1) is 12.4. The summed E-state index contributed by atoms with van der Waals surface area (Å²) in [6.07, 6.45) is 1.95. The van der Waals surface area contributed by atoms with Gasteiger partial charge in [-0.25, -0.2) is 0 Å². The fourth-order valence-corrected chi connectivity index (χ4v) is 3.08. The predicted octanol–water partition coefficient (Wildman–Crippen LogP) is 5.07. The SMILES string of the molecule is CC(C)[C@H](C(=O)Nc1ccc(NC(=O)C2CC2)cc1)c1ccc(Cl)cc1. The topological polar surface area (TPSA) is 58.2 Å². The van der Waals surface area contributed by atoms with Gasteiger partial charge in [0.1, 0.15) is 0 Å². The lowest BCUT2D eigenvalue weighted by atomic mass is 9.87. The van der Waals surface area contributed by atoms with Gasteiger partial charge < -0.3 is 10.6 Å². The summed E-state index contributed by atoms with van der Waals surface area (Å²) >= 11 is 5.95. The molecular formula is C21H23ClN2O2. The normalized spacial score (nSPS) is 14.8. The number of benzene rings is 2. The quantitative estimate of drug-likeness (QED) is 0.746. The Bertz CT molecular complexity index is 781. The Morgan fingerprint density at radius 1 is 0.923 bits per heavy atom.